The first-order valence-corrected chi connectivity index (χ1v) is 13.3. The van der Waals surface area contributed by atoms with Crippen molar-refractivity contribution in [2.45, 2.75) is 66.7 Å². The molecule has 0 saturated carbocycles. The van der Waals surface area contributed by atoms with Gasteiger partial charge in [-0.1, -0.05) is 20.8 Å². The van der Waals surface area contributed by atoms with E-state index in [0.717, 1.165) is 39.1 Å². The van der Waals surface area contributed by atoms with Crippen LogP contribution in [0.3, 0.4) is 0 Å². The Morgan fingerprint density at radius 3 is 2.33 bits per heavy atom. The van der Waals surface area contributed by atoms with Crippen molar-refractivity contribution in [2.75, 3.05) is 13.7 Å². The van der Waals surface area contributed by atoms with Crippen LogP contribution in [0.1, 0.15) is 61.4 Å². The molecular formula is C27H33F3N4O5S. The van der Waals surface area contributed by atoms with Crippen molar-refractivity contribution in [1.29, 1.82) is 0 Å². The van der Waals surface area contributed by atoms with Crippen molar-refractivity contribution >= 4 is 23.2 Å². The van der Waals surface area contributed by atoms with Gasteiger partial charge in [-0.2, -0.15) is 13.2 Å². The summed E-state index contributed by atoms with van der Waals surface area (Å²) in [7, 11) is 1.66. The Balaban J connectivity index is 0.000000559. The van der Waals surface area contributed by atoms with Gasteiger partial charge in [-0.05, 0) is 50.7 Å². The number of carbonyl (C=O) groups excluding carboxylic acids is 1. The number of aliphatic carboxylic acids is 1. The Morgan fingerprint density at radius 1 is 1.18 bits per heavy atom. The van der Waals surface area contributed by atoms with Crippen LogP contribution < -0.4 is 14.8 Å². The number of hydrogen-bond acceptors (Lipinski definition) is 7. The van der Waals surface area contributed by atoms with E-state index < -0.39 is 12.1 Å². The first-order chi connectivity index (χ1) is 18.5. The van der Waals surface area contributed by atoms with Gasteiger partial charge in [0.25, 0.3) is 5.91 Å². The highest BCUT2D eigenvalue weighted by atomic mass is 32.1. The first-order valence-electron chi connectivity index (χ1n) is 12.5. The van der Waals surface area contributed by atoms with Crippen molar-refractivity contribution < 1.29 is 37.3 Å². The summed E-state index contributed by atoms with van der Waals surface area (Å²) in [6.07, 6.45) is -1.75. The first kappa shape index (κ1) is 30.9. The number of imidazole rings is 1. The van der Waals surface area contributed by atoms with Crippen molar-refractivity contribution in [3.8, 4) is 27.9 Å². The molecule has 1 aliphatic rings. The molecule has 1 amide bonds. The third-order valence-corrected chi connectivity index (χ3v) is 6.56. The second kappa shape index (κ2) is 11.9. The average molecular weight is 583 g/mol. The summed E-state index contributed by atoms with van der Waals surface area (Å²) in [4.78, 5) is 32.3. The van der Waals surface area contributed by atoms with E-state index in [1.165, 1.54) is 0 Å². The van der Waals surface area contributed by atoms with Crippen LogP contribution in [0.25, 0.3) is 16.4 Å². The zero-order valence-electron chi connectivity index (χ0n) is 23.4. The molecule has 0 aliphatic carbocycles. The van der Waals surface area contributed by atoms with Gasteiger partial charge in [-0.3, -0.25) is 9.36 Å². The molecule has 0 unspecified atom stereocenters. The number of rotatable bonds is 6. The fraction of sp³-hybridized carbons (Fsp3) is 0.481. The van der Waals surface area contributed by atoms with Crippen LogP contribution in [-0.2, 0) is 17.6 Å². The van der Waals surface area contributed by atoms with Gasteiger partial charge in [0.05, 0.1) is 34.5 Å². The predicted octanol–water partition coefficient (Wildman–Crippen LogP) is 5.61. The second-order valence-electron chi connectivity index (χ2n) is 10.7. The van der Waals surface area contributed by atoms with E-state index in [1.54, 1.807) is 18.4 Å². The maximum atomic E-state index is 13.2. The maximum absolute atomic E-state index is 13.2. The fourth-order valence-corrected chi connectivity index (χ4v) is 4.70. The van der Waals surface area contributed by atoms with E-state index in [2.05, 4.69) is 35.6 Å². The second-order valence-corrected chi connectivity index (χ2v) is 11.9. The monoisotopic (exact) mass is 582 g/mol. The largest absolute Gasteiger partial charge is 0.493 e. The van der Waals surface area contributed by atoms with Gasteiger partial charge >= 0.3 is 12.1 Å². The number of nitrogens with one attached hydrogen (secondary N) is 1. The molecule has 1 aliphatic heterocycles. The van der Waals surface area contributed by atoms with E-state index >= 15 is 0 Å². The maximum Gasteiger partial charge on any atom is 0.490 e. The number of amides is 1. The number of carboxylic acids is 1. The van der Waals surface area contributed by atoms with E-state index in [1.807, 2.05) is 39.1 Å². The summed E-state index contributed by atoms with van der Waals surface area (Å²) < 4.78 is 45.5. The summed E-state index contributed by atoms with van der Waals surface area (Å²) >= 11 is 1.57. The highest BCUT2D eigenvalue weighted by Crippen LogP contribution is 2.40. The van der Waals surface area contributed by atoms with Crippen LogP contribution in [0.15, 0.2) is 18.3 Å². The smallest absolute Gasteiger partial charge is 0.490 e. The van der Waals surface area contributed by atoms with Gasteiger partial charge in [-0.25, -0.2) is 14.8 Å². The molecule has 3 aromatic rings. The fourth-order valence-electron chi connectivity index (χ4n) is 3.94. The number of aromatic nitrogens is 3. The Hall–Kier alpha value is -3.61. The van der Waals surface area contributed by atoms with E-state index in [4.69, 9.17) is 24.4 Å². The molecule has 9 nitrogen and oxygen atoms in total. The number of fused-ring (bicyclic) bond motifs is 3. The number of aryl methyl sites for hydroxylation is 2. The minimum absolute atomic E-state index is 0.00477. The molecule has 0 fully saturated rings. The van der Waals surface area contributed by atoms with E-state index in [0.29, 0.717) is 30.2 Å². The molecular weight excluding hydrogens is 549 g/mol. The lowest BCUT2D eigenvalue weighted by Crippen LogP contribution is -2.33. The number of alkyl halides is 3. The molecule has 40 heavy (non-hydrogen) atoms. The molecule has 2 aromatic heterocycles. The third-order valence-electron chi connectivity index (χ3n) is 5.65. The molecule has 0 bridgehead atoms. The molecule has 0 atom stereocenters. The molecule has 0 saturated heterocycles. The molecule has 2 N–H and O–H groups in total. The normalized spacial score (nSPS) is 12.7. The van der Waals surface area contributed by atoms with Crippen LogP contribution >= 0.6 is 11.3 Å². The summed E-state index contributed by atoms with van der Waals surface area (Å²) in [5.74, 6) is -0.773. The van der Waals surface area contributed by atoms with Crippen LogP contribution in [0.4, 0.5) is 13.2 Å². The average Bonchev–Trinajstić information content (AvgIpc) is 3.44. The minimum Gasteiger partial charge on any atom is -0.493 e. The molecule has 4 rings (SSSR count). The Bertz CT molecular complexity index is 1390. The zero-order valence-corrected chi connectivity index (χ0v) is 24.2. The molecule has 1 aromatic carbocycles. The van der Waals surface area contributed by atoms with Crippen molar-refractivity contribution in [3.63, 3.8) is 0 Å². The van der Waals surface area contributed by atoms with Gasteiger partial charge in [0.15, 0.2) is 17.3 Å². The van der Waals surface area contributed by atoms with Crippen LogP contribution in [0.2, 0.25) is 0 Å². The van der Waals surface area contributed by atoms with Gasteiger partial charge < -0.3 is 19.9 Å². The summed E-state index contributed by atoms with van der Waals surface area (Å²) in [6, 6.07) is 4.05. The lowest BCUT2D eigenvalue weighted by molar-refractivity contribution is -0.192. The quantitative estimate of drug-likeness (QED) is 0.388. The number of hydrogen-bond donors (Lipinski definition) is 2. The van der Waals surface area contributed by atoms with Crippen LogP contribution in [-0.4, -0.2) is 57.5 Å². The number of halogens is 3. The number of ether oxygens (including phenoxy) is 2. The van der Waals surface area contributed by atoms with Gasteiger partial charge in [0.1, 0.15) is 5.69 Å². The SMILES string of the molecule is COc1cc2c(cc1OC(C)C)-n1c(-c3cnc(C)s3)nc(C(=O)NCC(C)(C)C)c1CC2.O=C(O)C(F)(F)F. The van der Waals surface area contributed by atoms with Gasteiger partial charge in [0.2, 0.25) is 0 Å². The lowest BCUT2D eigenvalue weighted by atomic mass is 9.96. The number of carboxylic acid groups (broad SMARTS) is 1. The summed E-state index contributed by atoms with van der Waals surface area (Å²) in [5.41, 5.74) is 3.48. The number of methoxy groups -OCH3 is 1. The zero-order chi connectivity index (χ0) is 30.0. The molecule has 13 heteroatoms. The summed E-state index contributed by atoms with van der Waals surface area (Å²) in [5, 5.41) is 11.1. The number of benzene rings is 1. The molecule has 0 spiro atoms. The highest BCUT2D eigenvalue weighted by molar-refractivity contribution is 7.15. The topological polar surface area (TPSA) is 116 Å². The van der Waals surface area contributed by atoms with Crippen LogP contribution in [0.5, 0.6) is 11.5 Å². The van der Waals surface area contributed by atoms with Crippen molar-refractivity contribution in [3.05, 3.63) is 40.3 Å². The van der Waals surface area contributed by atoms with Crippen molar-refractivity contribution in [1.82, 2.24) is 19.9 Å². The van der Waals surface area contributed by atoms with E-state index in [9.17, 15) is 18.0 Å². The Labute approximate surface area is 234 Å². The van der Waals surface area contributed by atoms with Crippen LogP contribution in [0, 0.1) is 12.3 Å². The molecule has 0 radical (unpaired) electrons. The standard InChI is InChI=1S/C25H32N4O3S.C2HF3O2/c1-14(2)32-20-11-18-16(10-19(20)31-7)8-9-17-22(24(30)27-13-25(4,5)6)28-23(29(17)18)21-12-26-15(3)33-21;3-2(4,5)1(6)7/h10-12,14H,8-9,13H2,1-7H3,(H,27,30);(H,6,7). The number of carbonyl (C=O) groups is 2. The minimum atomic E-state index is -5.08. The molecule has 3 heterocycles. The van der Waals surface area contributed by atoms with Crippen molar-refractivity contribution in [2.24, 2.45) is 5.41 Å². The lowest BCUT2D eigenvalue weighted by Gasteiger charge is -2.24. The highest BCUT2D eigenvalue weighted by Gasteiger charge is 2.38. The van der Waals surface area contributed by atoms with Gasteiger partial charge in [-0.15, -0.1) is 11.3 Å². The number of nitrogens with zero attached hydrogens (tertiary/aromatic N) is 3. The Kier molecular flexibility index (Phi) is 9.17. The van der Waals surface area contributed by atoms with Gasteiger partial charge in [0, 0.05) is 18.8 Å². The number of thiazole rings is 1. The van der Waals surface area contributed by atoms with E-state index in [-0.39, 0.29) is 17.4 Å². The Morgan fingerprint density at radius 2 is 1.82 bits per heavy atom. The third kappa shape index (κ3) is 7.32. The summed E-state index contributed by atoms with van der Waals surface area (Å²) in [6.45, 7) is 12.8. The molecule has 218 valence electrons. The predicted molar refractivity (Wildman–Crippen MR) is 145 cm³/mol.